The number of hydrogen-bond acceptors (Lipinski definition) is 1. The third kappa shape index (κ3) is 21700. The van der Waals surface area contributed by atoms with Gasteiger partial charge in [-0.2, -0.15) is 0 Å². The van der Waals surface area contributed by atoms with Crippen LogP contribution in [0.3, 0.4) is 0 Å². The molecule has 2 N–H and O–H groups in total. The summed E-state index contributed by atoms with van der Waals surface area (Å²) < 4.78 is 0. The molecule has 0 rings (SSSR count). The van der Waals surface area contributed by atoms with Crippen molar-refractivity contribution in [3.8, 4) is 0 Å². The minimum Gasteiger partial charge on any atom is -0.333 e. The van der Waals surface area contributed by atoms with Gasteiger partial charge >= 0.3 is 0 Å². The molecule has 0 bridgehead atoms. The molecule has 0 saturated heterocycles. The second-order valence-corrected chi connectivity index (χ2v) is 0. The highest BCUT2D eigenvalue weighted by Crippen LogP contribution is 1.14. The van der Waals surface area contributed by atoms with Crippen LogP contribution in [0.4, 0.5) is 0 Å². The number of hydrogen-bond donors (Lipinski definition) is 1. The van der Waals surface area contributed by atoms with Gasteiger partial charge in [0.05, 0.1) is 0 Å². The van der Waals surface area contributed by atoms with E-state index in [4.69, 9.17) is 0 Å². The van der Waals surface area contributed by atoms with Crippen molar-refractivity contribution >= 4 is 0 Å². The standard InChI is InChI=1S/C2H6.CH5N.2CH4/c2*1-2;;/h1-2H3;2H2,1H3;2*1H4. The van der Waals surface area contributed by atoms with E-state index < -0.39 is 0 Å². The Morgan fingerprint density at radius 1 is 0.833 bits per heavy atom. The summed E-state index contributed by atoms with van der Waals surface area (Å²) in [5, 5.41) is 0. The first-order valence-electron chi connectivity index (χ1n) is 1.58. The van der Waals surface area contributed by atoms with Gasteiger partial charge in [-0.25, -0.2) is 0 Å². The smallest absolute Gasteiger partial charge is 0.0195 e. The van der Waals surface area contributed by atoms with Crippen molar-refractivity contribution in [2.75, 3.05) is 7.05 Å². The molecular formula is C5H19N. The van der Waals surface area contributed by atoms with E-state index in [9.17, 15) is 0 Å². The summed E-state index contributed by atoms with van der Waals surface area (Å²) in [5.74, 6) is 0. The molecule has 0 radical (unpaired) electrons. The van der Waals surface area contributed by atoms with E-state index in [2.05, 4.69) is 5.73 Å². The molecule has 0 amide bonds. The van der Waals surface area contributed by atoms with Crippen LogP contribution in [0.2, 0.25) is 0 Å². The highest BCUT2D eigenvalue weighted by molar-refractivity contribution is 3.54. The number of nitrogens with two attached hydrogens (primary N) is 1. The first-order chi connectivity index (χ1) is 2.00. The van der Waals surface area contributed by atoms with Crippen molar-refractivity contribution in [3.63, 3.8) is 0 Å². The van der Waals surface area contributed by atoms with Crippen LogP contribution in [-0.4, -0.2) is 7.05 Å². The molecule has 1 nitrogen and oxygen atoms in total. The molecule has 0 aromatic carbocycles. The first-order valence-corrected chi connectivity index (χ1v) is 1.58. The average Bonchev–Trinajstić information content (AvgIpc) is 1.50. The lowest BCUT2D eigenvalue weighted by Gasteiger charge is -1.19. The summed E-state index contributed by atoms with van der Waals surface area (Å²) in [6.07, 6.45) is 0. The Bertz CT molecular complexity index is 3.90. The molecule has 0 fully saturated rings. The molecule has 0 aromatic rings. The summed E-state index contributed by atoms with van der Waals surface area (Å²) in [4.78, 5) is 0. The van der Waals surface area contributed by atoms with E-state index in [1.165, 1.54) is 7.05 Å². The normalized spacial score (nSPS) is 2.00. The zero-order valence-electron chi connectivity index (χ0n) is 3.58. The topological polar surface area (TPSA) is 26.0 Å². The zero-order valence-corrected chi connectivity index (χ0v) is 3.58. The van der Waals surface area contributed by atoms with E-state index in [0.29, 0.717) is 0 Å². The van der Waals surface area contributed by atoms with Crippen LogP contribution in [0, 0.1) is 0 Å². The lowest BCUT2D eigenvalue weighted by molar-refractivity contribution is 1.48. The molecule has 0 unspecified atom stereocenters. The third-order valence-electron chi connectivity index (χ3n) is 0. The Morgan fingerprint density at radius 2 is 0.833 bits per heavy atom. The van der Waals surface area contributed by atoms with Gasteiger partial charge in [0.1, 0.15) is 0 Å². The van der Waals surface area contributed by atoms with Gasteiger partial charge in [0.25, 0.3) is 0 Å². The van der Waals surface area contributed by atoms with Crippen molar-refractivity contribution in [3.05, 3.63) is 0 Å². The maximum absolute atomic E-state index is 4.50. The maximum Gasteiger partial charge on any atom is -0.0195 e. The fourth-order valence-electron chi connectivity index (χ4n) is 0. The highest BCUT2D eigenvalue weighted by atomic mass is 14.4. The fraction of sp³-hybridized carbons (Fsp3) is 1.00. The van der Waals surface area contributed by atoms with E-state index in [0.717, 1.165) is 0 Å². The molecule has 44 valence electrons. The average molecular weight is 93.2 g/mol. The highest BCUT2D eigenvalue weighted by Gasteiger charge is 0.932. The Morgan fingerprint density at radius 3 is 0.833 bits per heavy atom. The largest absolute Gasteiger partial charge is 0.333 e. The van der Waals surface area contributed by atoms with Crippen LogP contribution in [0.15, 0.2) is 0 Å². The van der Waals surface area contributed by atoms with Gasteiger partial charge in [0.15, 0.2) is 0 Å². The fourth-order valence-corrected chi connectivity index (χ4v) is 0. The Labute approximate surface area is 42.6 Å². The molecule has 0 aliphatic carbocycles. The summed E-state index contributed by atoms with van der Waals surface area (Å²) in [5.41, 5.74) is 4.50. The Balaban J connectivity index is -0.00000000500. The van der Waals surface area contributed by atoms with Crippen molar-refractivity contribution in [2.24, 2.45) is 5.73 Å². The minimum atomic E-state index is 0. The SMILES string of the molecule is C.C.CC.CN. The van der Waals surface area contributed by atoms with Crippen molar-refractivity contribution in [1.82, 2.24) is 0 Å². The van der Waals surface area contributed by atoms with Gasteiger partial charge in [0, 0.05) is 0 Å². The van der Waals surface area contributed by atoms with E-state index in [1.807, 2.05) is 13.8 Å². The summed E-state index contributed by atoms with van der Waals surface area (Å²) in [6, 6.07) is 0. The van der Waals surface area contributed by atoms with Crippen molar-refractivity contribution in [1.29, 1.82) is 0 Å². The lowest BCUT2D eigenvalue weighted by Crippen LogP contribution is -1.69. The second kappa shape index (κ2) is 48600. The van der Waals surface area contributed by atoms with Gasteiger partial charge in [-0.1, -0.05) is 28.7 Å². The lowest BCUT2D eigenvalue weighted by atomic mass is 11.0. The van der Waals surface area contributed by atoms with E-state index >= 15 is 0 Å². The van der Waals surface area contributed by atoms with Gasteiger partial charge in [-0.15, -0.1) is 0 Å². The van der Waals surface area contributed by atoms with Crippen LogP contribution < -0.4 is 5.73 Å². The van der Waals surface area contributed by atoms with Crippen LogP contribution >= 0.6 is 0 Å². The second-order valence-electron chi connectivity index (χ2n) is 0. The minimum absolute atomic E-state index is 0. The summed E-state index contributed by atoms with van der Waals surface area (Å²) in [6.45, 7) is 4.00. The maximum atomic E-state index is 4.50. The van der Waals surface area contributed by atoms with E-state index in [-0.39, 0.29) is 14.9 Å². The first kappa shape index (κ1) is 38.2. The third-order valence-corrected chi connectivity index (χ3v) is 0. The van der Waals surface area contributed by atoms with Crippen LogP contribution in [-0.2, 0) is 0 Å². The Kier molecular flexibility index (Phi) is 309000. The molecule has 0 aliphatic heterocycles. The summed E-state index contributed by atoms with van der Waals surface area (Å²) >= 11 is 0. The molecule has 1 heteroatoms. The van der Waals surface area contributed by atoms with Crippen molar-refractivity contribution in [2.45, 2.75) is 28.7 Å². The number of rotatable bonds is 0. The van der Waals surface area contributed by atoms with Crippen molar-refractivity contribution < 1.29 is 0 Å². The predicted octanol–water partition coefficient (Wildman–Crippen LogP) is 1.87. The molecule has 0 saturated carbocycles. The molecule has 0 heterocycles. The molecule has 0 spiro atoms. The molecule has 0 aliphatic rings. The van der Waals surface area contributed by atoms with Crippen LogP contribution in [0.1, 0.15) is 28.7 Å². The molecular weight excluding hydrogens is 74.1 g/mol. The quantitative estimate of drug-likeness (QED) is 0.486. The predicted molar refractivity (Wildman–Crippen MR) is 34.9 cm³/mol. The Hall–Kier alpha value is -0.0400. The molecule has 0 atom stereocenters. The van der Waals surface area contributed by atoms with Gasteiger partial charge in [0.2, 0.25) is 0 Å². The van der Waals surface area contributed by atoms with Crippen LogP contribution in [0.5, 0.6) is 0 Å². The van der Waals surface area contributed by atoms with Gasteiger partial charge in [-0.3, -0.25) is 0 Å². The van der Waals surface area contributed by atoms with Crippen LogP contribution in [0.25, 0.3) is 0 Å². The molecule has 0 aromatic heterocycles. The van der Waals surface area contributed by atoms with E-state index in [1.54, 1.807) is 0 Å². The monoisotopic (exact) mass is 93.2 g/mol. The van der Waals surface area contributed by atoms with Gasteiger partial charge in [-0.05, 0) is 7.05 Å². The van der Waals surface area contributed by atoms with Gasteiger partial charge < -0.3 is 5.73 Å². The summed E-state index contributed by atoms with van der Waals surface area (Å²) in [7, 11) is 1.50. The molecule has 6 heavy (non-hydrogen) atoms. The zero-order chi connectivity index (χ0) is 4.00.